The lowest BCUT2D eigenvalue weighted by atomic mass is 9.63. The molecule has 2 N–H and O–H groups in total. The van der Waals surface area contributed by atoms with Crippen molar-refractivity contribution < 1.29 is 18.3 Å². The average molecular weight is 415 g/mol. The minimum Gasteiger partial charge on any atom is -0.380 e. The monoisotopic (exact) mass is 414 g/mol. The lowest BCUT2D eigenvalue weighted by molar-refractivity contribution is -0.127. The van der Waals surface area contributed by atoms with Crippen LogP contribution in [0.5, 0.6) is 0 Å². The maximum absolute atomic E-state index is 12.6. The van der Waals surface area contributed by atoms with Crippen molar-refractivity contribution >= 4 is 15.9 Å². The summed E-state index contributed by atoms with van der Waals surface area (Å²) in [6, 6.07) is 7.79. The van der Waals surface area contributed by atoms with Crippen LogP contribution in [-0.2, 0) is 12.0 Å². The highest BCUT2D eigenvalue weighted by atomic mass is 79.9. The predicted molar refractivity (Wildman–Crippen MR) is 92.1 cm³/mol. The van der Waals surface area contributed by atoms with Gasteiger partial charge in [0.25, 0.3) is 0 Å². The van der Waals surface area contributed by atoms with Gasteiger partial charge in [-0.2, -0.15) is 13.2 Å². The Morgan fingerprint density at radius 3 is 2.28 bits per heavy atom. The summed E-state index contributed by atoms with van der Waals surface area (Å²) in [5.74, 6) is 0. The van der Waals surface area contributed by atoms with Gasteiger partial charge in [0.2, 0.25) is 0 Å². The normalized spacial score (nSPS) is 19.1. The molecular formula is C18H18BrF3N2O. The van der Waals surface area contributed by atoms with E-state index in [4.69, 9.17) is 0 Å². The summed E-state index contributed by atoms with van der Waals surface area (Å²) in [5, 5.41) is 14.8. The highest BCUT2D eigenvalue weighted by Gasteiger charge is 2.53. The third-order valence-electron chi connectivity index (χ3n) is 4.80. The first-order valence-corrected chi connectivity index (χ1v) is 8.64. The lowest BCUT2D eigenvalue weighted by Crippen LogP contribution is -2.63. The van der Waals surface area contributed by atoms with Gasteiger partial charge < -0.3 is 10.4 Å². The van der Waals surface area contributed by atoms with E-state index in [1.54, 1.807) is 30.6 Å². The van der Waals surface area contributed by atoms with Crippen LogP contribution in [0.4, 0.5) is 13.2 Å². The summed E-state index contributed by atoms with van der Waals surface area (Å²) in [5.41, 5.74) is -0.507. The van der Waals surface area contributed by atoms with Crippen molar-refractivity contribution in [2.45, 2.75) is 25.1 Å². The van der Waals surface area contributed by atoms with Gasteiger partial charge in [0.15, 0.2) is 0 Å². The van der Waals surface area contributed by atoms with E-state index in [1.165, 1.54) is 12.1 Å². The summed E-state index contributed by atoms with van der Waals surface area (Å²) in [6.07, 6.45) is -2.02. The van der Waals surface area contributed by atoms with Gasteiger partial charge in [-0.3, -0.25) is 4.98 Å². The molecule has 0 spiro atoms. The summed E-state index contributed by atoms with van der Waals surface area (Å²) >= 11 is 3.36. The van der Waals surface area contributed by atoms with E-state index in [9.17, 15) is 18.3 Å². The topological polar surface area (TPSA) is 45.2 Å². The number of aliphatic hydroxyl groups is 1. The van der Waals surface area contributed by atoms with Crippen molar-refractivity contribution in [3.8, 4) is 0 Å². The third-order valence-corrected chi connectivity index (χ3v) is 5.24. The van der Waals surface area contributed by atoms with Crippen molar-refractivity contribution in [3.63, 3.8) is 0 Å². The first kappa shape index (κ1) is 18.4. The Labute approximate surface area is 152 Å². The van der Waals surface area contributed by atoms with Gasteiger partial charge in [-0.25, -0.2) is 0 Å². The van der Waals surface area contributed by atoms with E-state index in [-0.39, 0.29) is 5.56 Å². The molecule has 1 fully saturated rings. The molecule has 1 saturated heterocycles. The molecule has 134 valence electrons. The number of rotatable bonds is 4. The van der Waals surface area contributed by atoms with E-state index in [2.05, 4.69) is 26.2 Å². The number of benzene rings is 1. The molecule has 1 aromatic heterocycles. The Morgan fingerprint density at radius 1 is 1.16 bits per heavy atom. The van der Waals surface area contributed by atoms with Gasteiger partial charge in [0.1, 0.15) is 5.60 Å². The number of aromatic nitrogens is 1. The predicted octanol–water partition coefficient (Wildman–Crippen LogP) is 3.79. The van der Waals surface area contributed by atoms with Crippen molar-refractivity contribution in [2.24, 2.45) is 5.41 Å². The molecule has 1 aromatic carbocycles. The van der Waals surface area contributed by atoms with E-state index < -0.39 is 23.6 Å². The summed E-state index contributed by atoms with van der Waals surface area (Å²) in [6.45, 7) is 3.15. The first-order valence-electron chi connectivity index (χ1n) is 7.84. The Morgan fingerprint density at radius 2 is 1.80 bits per heavy atom. The average Bonchev–Trinajstić information content (AvgIpc) is 2.51. The molecule has 2 heterocycles. The SMILES string of the molecule is CC1([C@](O)(c2ccc(CC(F)(F)F)cc2)c2cncc(Br)c2)CNC1. The van der Waals surface area contributed by atoms with Gasteiger partial charge in [-0.1, -0.05) is 31.2 Å². The van der Waals surface area contributed by atoms with Gasteiger partial charge >= 0.3 is 6.18 Å². The van der Waals surface area contributed by atoms with Crippen LogP contribution >= 0.6 is 15.9 Å². The van der Waals surface area contributed by atoms with E-state index in [0.717, 1.165) is 4.47 Å². The second-order valence-electron chi connectivity index (χ2n) is 6.76. The smallest absolute Gasteiger partial charge is 0.380 e. The molecule has 1 aliphatic heterocycles. The largest absolute Gasteiger partial charge is 0.393 e. The third kappa shape index (κ3) is 3.45. The van der Waals surface area contributed by atoms with Crippen molar-refractivity contribution in [1.29, 1.82) is 0 Å². The van der Waals surface area contributed by atoms with Gasteiger partial charge in [-0.15, -0.1) is 0 Å². The summed E-state index contributed by atoms with van der Waals surface area (Å²) in [4.78, 5) is 4.14. The highest BCUT2D eigenvalue weighted by Crippen LogP contribution is 2.47. The van der Waals surface area contributed by atoms with Crippen LogP contribution in [0, 0.1) is 5.41 Å². The molecule has 3 rings (SSSR count). The van der Waals surface area contributed by atoms with Gasteiger partial charge in [0, 0.05) is 40.9 Å². The molecule has 0 bridgehead atoms. The zero-order valence-corrected chi connectivity index (χ0v) is 15.2. The minimum atomic E-state index is -4.25. The van der Waals surface area contributed by atoms with Crippen LogP contribution < -0.4 is 5.32 Å². The van der Waals surface area contributed by atoms with Gasteiger partial charge in [-0.05, 0) is 33.1 Å². The second kappa shape index (κ2) is 6.37. The van der Waals surface area contributed by atoms with Crippen LogP contribution in [0.15, 0.2) is 47.2 Å². The summed E-state index contributed by atoms with van der Waals surface area (Å²) < 4.78 is 38.4. The fraction of sp³-hybridized carbons (Fsp3) is 0.389. The van der Waals surface area contributed by atoms with Crippen molar-refractivity contribution in [1.82, 2.24) is 10.3 Å². The van der Waals surface area contributed by atoms with Crippen LogP contribution in [-0.4, -0.2) is 29.4 Å². The van der Waals surface area contributed by atoms with Crippen molar-refractivity contribution in [2.75, 3.05) is 13.1 Å². The maximum Gasteiger partial charge on any atom is 0.393 e. The summed E-state index contributed by atoms with van der Waals surface area (Å²) in [7, 11) is 0. The number of halogens is 4. The fourth-order valence-electron chi connectivity index (χ4n) is 3.32. The standard InChI is InChI=1S/C18H18BrF3N2O/c1-16(10-24-11-16)18(25,14-6-15(19)9-23-8-14)13-4-2-12(3-5-13)7-17(20,21)22/h2-6,8-9,24-25H,7,10-11H2,1H3/t18-/m0/s1. The fourth-order valence-corrected chi connectivity index (χ4v) is 3.69. The minimum absolute atomic E-state index is 0.169. The molecule has 1 aliphatic rings. The van der Waals surface area contributed by atoms with E-state index >= 15 is 0 Å². The molecule has 1 atom stereocenters. The Hall–Kier alpha value is -1.44. The van der Waals surface area contributed by atoms with E-state index in [0.29, 0.717) is 24.2 Å². The Kier molecular flexibility index (Phi) is 4.68. The number of alkyl halides is 3. The Balaban J connectivity index is 2.04. The number of hydrogen-bond acceptors (Lipinski definition) is 3. The van der Waals surface area contributed by atoms with Gasteiger partial charge in [0.05, 0.1) is 6.42 Å². The number of pyridine rings is 1. The zero-order chi connectivity index (χ0) is 18.3. The molecule has 0 unspecified atom stereocenters. The lowest BCUT2D eigenvalue weighted by Gasteiger charge is -2.52. The maximum atomic E-state index is 12.6. The van der Waals surface area contributed by atoms with Crippen LogP contribution in [0.1, 0.15) is 23.6 Å². The quantitative estimate of drug-likeness (QED) is 0.799. The molecule has 0 saturated carbocycles. The van der Waals surface area contributed by atoms with Crippen LogP contribution in [0.25, 0.3) is 0 Å². The van der Waals surface area contributed by atoms with E-state index in [1.807, 2.05) is 6.92 Å². The molecule has 0 radical (unpaired) electrons. The molecule has 0 aliphatic carbocycles. The molecule has 25 heavy (non-hydrogen) atoms. The number of nitrogens with one attached hydrogen (secondary N) is 1. The molecule has 2 aromatic rings. The Bertz CT molecular complexity index is 760. The molecule has 7 heteroatoms. The molecular weight excluding hydrogens is 397 g/mol. The second-order valence-corrected chi connectivity index (χ2v) is 7.67. The molecule has 3 nitrogen and oxygen atoms in total. The van der Waals surface area contributed by atoms with Crippen LogP contribution in [0.3, 0.4) is 0 Å². The van der Waals surface area contributed by atoms with Crippen molar-refractivity contribution in [3.05, 3.63) is 63.9 Å². The number of nitrogens with zero attached hydrogens (tertiary/aromatic N) is 1. The first-order chi connectivity index (χ1) is 11.6. The zero-order valence-electron chi connectivity index (χ0n) is 13.6. The number of hydrogen-bond donors (Lipinski definition) is 2. The highest BCUT2D eigenvalue weighted by molar-refractivity contribution is 9.10. The molecule has 0 amide bonds. The van der Waals surface area contributed by atoms with Crippen LogP contribution in [0.2, 0.25) is 0 Å².